The van der Waals surface area contributed by atoms with Gasteiger partial charge < -0.3 is 25.2 Å². The van der Waals surface area contributed by atoms with Crippen LogP contribution in [0.1, 0.15) is 43.2 Å². The molecule has 0 saturated heterocycles. The maximum atomic E-state index is 12.5. The summed E-state index contributed by atoms with van der Waals surface area (Å²) in [4.78, 5) is 35.5. The number of amides is 2. The van der Waals surface area contributed by atoms with Crippen molar-refractivity contribution in [2.75, 3.05) is 20.3 Å². The number of carbonyl (C=O) groups excluding carboxylic acids is 2. The van der Waals surface area contributed by atoms with Crippen LogP contribution in [0.4, 0.5) is 4.79 Å². The van der Waals surface area contributed by atoms with E-state index < -0.39 is 24.2 Å². The fraction of sp³-hybridized carbons (Fsp3) is 0.400. The van der Waals surface area contributed by atoms with Crippen LogP contribution < -0.4 is 10.6 Å². The van der Waals surface area contributed by atoms with Crippen molar-refractivity contribution in [3.63, 3.8) is 0 Å². The molecule has 0 bridgehead atoms. The zero-order valence-corrected chi connectivity index (χ0v) is 18.9. The van der Waals surface area contributed by atoms with Gasteiger partial charge in [0.25, 0.3) is 0 Å². The average Bonchev–Trinajstić information content (AvgIpc) is 3.13. The van der Waals surface area contributed by atoms with Gasteiger partial charge in [-0.3, -0.25) is 9.59 Å². The molecule has 0 spiro atoms. The van der Waals surface area contributed by atoms with E-state index in [4.69, 9.17) is 14.6 Å². The molecular weight excluding hydrogens is 424 g/mol. The van der Waals surface area contributed by atoms with E-state index >= 15 is 0 Å². The number of alkyl carbamates (subject to hydrolysis) is 1. The van der Waals surface area contributed by atoms with Crippen LogP contribution in [0.3, 0.4) is 0 Å². The highest BCUT2D eigenvalue weighted by Gasteiger charge is 2.29. The third-order valence-electron chi connectivity index (χ3n) is 5.85. The average molecular weight is 455 g/mol. The first-order chi connectivity index (χ1) is 15.9. The van der Waals surface area contributed by atoms with Gasteiger partial charge in [-0.1, -0.05) is 55.5 Å². The second-order valence-corrected chi connectivity index (χ2v) is 8.04. The Kier molecular flexibility index (Phi) is 8.43. The van der Waals surface area contributed by atoms with Crippen molar-refractivity contribution in [1.29, 1.82) is 0 Å². The Labute approximate surface area is 193 Å². The van der Waals surface area contributed by atoms with Gasteiger partial charge in [-0.25, -0.2) is 4.79 Å². The lowest BCUT2D eigenvalue weighted by Crippen LogP contribution is -2.41. The molecule has 1 aliphatic rings. The number of aliphatic carboxylic acids is 1. The van der Waals surface area contributed by atoms with Crippen molar-refractivity contribution in [3.8, 4) is 11.1 Å². The van der Waals surface area contributed by atoms with Gasteiger partial charge in [-0.2, -0.15) is 0 Å². The highest BCUT2D eigenvalue weighted by molar-refractivity contribution is 5.79. The van der Waals surface area contributed by atoms with E-state index in [0.29, 0.717) is 6.42 Å². The summed E-state index contributed by atoms with van der Waals surface area (Å²) in [6, 6.07) is 15.8. The predicted octanol–water partition coefficient (Wildman–Crippen LogP) is 3.30. The molecule has 0 aromatic heterocycles. The number of rotatable bonds is 11. The van der Waals surface area contributed by atoms with Gasteiger partial charge in [0.15, 0.2) is 0 Å². The zero-order chi connectivity index (χ0) is 23.8. The molecule has 0 saturated carbocycles. The lowest BCUT2D eigenvalue weighted by atomic mass is 9.98. The molecule has 0 aliphatic heterocycles. The normalized spacial score (nSPS) is 14.0. The van der Waals surface area contributed by atoms with E-state index in [1.165, 1.54) is 7.11 Å². The minimum atomic E-state index is -1.00. The second-order valence-electron chi connectivity index (χ2n) is 8.04. The number of methoxy groups -OCH3 is 1. The molecule has 176 valence electrons. The van der Waals surface area contributed by atoms with Gasteiger partial charge in [0, 0.05) is 32.0 Å². The number of carbonyl (C=O) groups is 3. The van der Waals surface area contributed by atoms with Crippen LogP contribution in [0, 0.1) is 0 Å². The molecule has 0 radical (unpaired) electrons. The van der Waals surface area contributed by atoms with E-state index in [9.17, 15) is 14.4 Å². The van der Waals surface area contributed by atoms with E-state index in [0.717, 1.165) is 22.3 Å². The molecule has 0 fully saturated rings. The number of fused-ring (bicyclic) bond motifs is 3. The summed E-state index contributed by atoms with van der Waals surface area (Å²) >= 11 is 0. The Morgan fingerprint density at radius 1 is 1.00 bits per heavy atom. The lowest BCUT2D eigenvalue weighted by Gasteiger charge is -2.19. The molecule has 1 aliphatic carbocycles. The summed E-state index contributed by atoms with van der Waals surface area (Å²) in [5, 5.41) is 14.3. The van der Waals surface area contributed by atoms with Crippen LogP contribution in [0.2, 0.25) is 0 Å². The van der Waals surface area contributed by atoms with Crippen molar-refractivity contribution < 1.29 is 29.0 Å². The molecule has 33 heavy (non-hydrogen) atoms. The number of carboxylic acid groups (broad SMARTS) is 1. The maximum Gasteiger partial charge on any atom is 0.407 e. The van der Waals surface area contributed by atoms with Gasteiger partial charge >= 0.3 is 12.1 Å². The topological polar surface area (TPSA) is 114 Å². The summed E-state index contributed by atoms with van der Waals surface area (Å²) in [5.74, 6) is -1.33. The molecule has 8 nitrogen and oxygen atoms in total. The van der Waals surface area contributed by atoms with Gasteiger partial charge in [0.1, 0.15) is 6.61 Å². The SMILES string of the molecule is CC[C@@H](CC(=O)NCC(CC(=O)O)OC)NC(=O)OCC1c2ccccc2-c2ccccc21. The summed E-state index contributed by atoms with van der Waals surface area (Å²) in [6.45, 7) is 2.15. The Balaban J connectivity index is 1.51. The van der Waals surface area contributed by atoms with Gasteiger partial charge in [0.2, 0.25) is 5.91 Å². The Bertz CT molecular complexity index is 947. The van der Waals surface area contributed by atoms with Crippen LogP contribution in [-0.4, -0.2) is 55.5 Å². The molecule has 2 amide bonds. The van der Waals surface area contributed by atoms with Crippen LogP contribution in [-0.2, 0) is 19.1 Å². The summed E-state index contributed by atoms with van der Waals surface area (Å²) in [6.07, 6.45) is -0.782. The number of nitrogens with one attached hydrogen (secondary N) is 2. The van der Waals surface area contributed by atoms with Gasteiger partial charge in [0.05, 0.1) is 12.5 Å². The fourth-order valence-corrected chi connectivity index (χ4v) is 4.06. The summed E-state index contributed by atoms with van der Waals surface area (Å²) < 4.78 is 10.6. The minimum Gasteiger partial charge on any atom is -0.481 e. The Hall–Kier alpha value is -3.39. The number of benzene rings is 2. The van der Waals surface area contributed by atoms with Crippen molar-refractivity contribution in [1.82, 2.24) is 10.6 Å². The number of carboxylic acids is 1. The monoisotopic (exact) mass is 454 g/mol. The summed E-state index contributed by atoms with van der Waals surface area (Å²) in [5.41, 5.74) is 4.57. The third kappa shape index (κ3) is 6.32. The minimum absolute atomic E-state index is 0.0354. The van der Waals surface area contributed by atoms with E-state index in [1.54, 1.807) is 0 Å². The Morgan fingerprint density at radius 2 is 1.61 bits per heavy atom. The number of ether oxygens (including phenoxy) is 2. The van der Waals surface area contributed by atoms with Crippen molar-refractivity contribution in [2.24, 2.45) is 0 Å². The largest absolute Gasteiger partial charge is 0.481 e. The molecule has 2 aromatic rings. The smallest absolute Gasteiger partial charge is 0.407 e. The number of hydrogen-bond acceptors (Lipinski definition) is 5. The van der Waals surface area contributed by atoms with E-state index in [1.807, 2.05) is 31.2 Å². The lowest BCUT2D eigenvalue weighted by molar-refractivity contribution is -0.140. The standard InChI is InChI=1S/C25H30N2O6/c1-3-16(12-23(28)26-14-17(32-2)13-24(29)30)27-25(31)33-15-22-20-10-6-4-8-18(20)19-9-5-7-11-21(19)22/h4-11,16-17,22H,3,12-15H2,1-2H3,(H,26,28)(H,27,31)(H,29,30)/t16-,17?/m0/s1. The van der Waals surface area contributed by atoms with Gasteiger partial charge in [-0.05, 0) is 28.7 Å². The third-order valence-corrected chi connectivity index (χ3v) is 5.85. The fourth-order valence-electron chi connectivity index (χ4n) is 4.06. The molecule has 3 N–H and O–H groups in total. The summed E-state index contributed by atoms with van der Waals surface area (Å²) in [7, 11) is 1.40. The number of hydrogen-bond donors (Lipinski definition) is 3. The first-order valence-corrected chi connectivity index (χ1v) is 11.1. The molecule has 2 aromatic carbocycles. The van der Waals surface area contributed by atoms with Crippen molar-refractivity contribution in [2.45, 2.75) is 44.2 Å². The highest BCUT2D eigenvalue weighted by Crippen LogP contribution is 2.44. The molecule has 8 heteroatoms. The van der Waals surface area contributed by atoms with Crippen molar-refractivity contribution in [3.05, 3.63) is 59.7 Å². The second kappa shape index (κ2) is 11.5. The maximum absolute atomic E-state index is 12.5. The van der Waals surface area contributed by atoms with Crippen LogP contribution >= 0.6 is 0 Å². The Morgan fingerprint density at radius 3 is 2.15 bits per heavy atom. The highest BCUT2D eigenvalue weighted by atomic mass is 16.5. The van der Waals surface area contributed by atoms with Crippen LogP contribution in [0.25, 0.3) is 11.1 Å². The van der Waals surface area contributed by atoms with Gasteiger partial charge in [-0.15, -0.1) is 0 Å². The van der Waals surface area contributed by atoms with E-state index in [-0.39, 0.29) is 37.8 Å². The molecular formula is C25H30N2O6. The first-order valence-electron chi connectivity index (χ1n) is 11.1. The first kappa shape index (κ1) is 24.3. The molecule has 3 rings (SSSR count). The molecule has 1 unspecified atom stereocenters. The predicted molar refractivity (Wildman–Crippen MR) is 123 cm³/mol. The van der Waals surface area contributed by atoms with Crippen molar-refractivity contribution >= 4 is 18.0 Å². The quantitative estimate of drug-likeness (QED) is 0.480. The zero-order valence-electron chi connectivity index (χ0n) is 18.9. The van der Waals surface area contributed by atoms with E-state index in [2.05, 4.69) is 34.9 Å². The molecule has 0 heterocycles. The molecule has 2 atom stereocenters. The van der Waals surface area contributed by atoms with Crippen LogP contribution in [0.15, 0.2) is 48.5 Å². The van der Waals surface area contributed by atoms with Crippen LogP contribution in [0.5, 0.6) is 0 Å².